The van der Waals surface area contributed by atoms with E-state index >= 15 is 0 Å². The molecule has 0 aromatic heterocycles. The lowest BCUT2D eigenvalue weighted by molar-refractivity contribution is 0.126. The summed E-state index contributed by atoms with van der Waals surface area (Å²) < 4.78 is 0. The number of rotatable bonds is 3. The van der Waals surface area contributed by atoms with Crippen molar-refractivity contribution in [2.45, 2.75) is 56.8 Å². The number of fused-ring (bicyclic) bond motifs is 2. The lowest BCUT2D eigenvalue weighted by Crippen LogP contribution is -2.44. The molecule has 3 nitrogen and oxygen atoms in total. The van der Waals surface area contributed by atoms with Crippen LogP contribution in [0.25, 0.3) is 0 Å². The molecule has 1 aromatic rings. The third-order valence-corrected chi connectivity index (χ3v) is 5.19. The van der Waals surface area contributed by atoms with Crippen LogP contribution in [0.3, 0.4) is 0 Å². The van der Waals surface area contributed by atoms with Gasteiger partial charge in [0, 0.05) is 18.1 Å². The first kappa shape index (κ1) is 14.2. The summed E-state index contributed by atoms with van der Waals surface area (Å²) in [5.74, 6) is 0. The Labute approximate surface area is 125 Å². The maximum atomic E-state index is 9.90. The van der Waals surface area contributed by atoms with Gasteiger partial charge in [0.1, 0.15) is 0 Å². The summed E-state index contributed by atoms with van der Waals surface area (Å²) in [6, 6.07) is 7.59. The summed E-state index contributed by atoms with van der Waals surface area (Å²) in [7, 11) is 1.96. The van der Waals surface area contributed by atoms with Gasteiger partial charge in [-0.05, 0) is 57.4 Å². The van der Waals surface area contributed by atoms with Crippen LogP contribution in [-0.2, 0) is 0 Å². The van der Waals surface area contributed by atoms with Crippen molar-refractivity contribution in [1.29, 1.82) is 0 Å². The number of hydrogen-bond donors (Lipinski definition) is 2. The molecule has 4 heteroatoms. The highest BCUT2D eigenvalue weighted by molar-refractivity contribution is 6.33. The topological polar surface area (TPSA) is 35.5 Å². The molecule has 0 amide bonds. The molecule has 20 heavy (non-hydrogen) atoms. The molecule has 0 spiro atoms. The first-order valence-corrected chi connectivity index (χ1v) is 7.91. The number of nitrogens with one attached hydrogen (secondary N) is 1. The minimum atomic E-state index is -0.133. The molecular weight excluding hydrogens is 272 g/mol. The molecule has 3 atom stereocenters. The third kappa shape index (κ3) is 2.43. The Bertz CT molecular complexity index is 479. The van der Waals surface area contributed by atoms with Crippen molar-refractivity contribution in [3.05, 3.63) is 28.8 Å². The van der Waals surface area contributed by atoms with Crippen LogP contribution in [0, 0.1) is 0 Å². The zero-order chi connectivity index (χ0) is 14.3. The van der Waals surface area contributed by atoms with E-state index in [1.807, 2.05) is 7.05 Å². The number of benzene rings is 1. The Kier molecular flexibility index (Phi) is 3.93. The summed E-state index contributed by atoms with van der Waals surface area (Å²) in [4.78, 5) is 2.45. The predicted octanol–water partition coefficient (Wildman–Crippen LogP) is 3.11. The van der Waals surface area contributed by atoms with Crippen molar-refractivity contribution in [3.63, 3.8) is 0 Å². The molecule has 3 unspecified atom stereocenters. The first-order valence-electron chi connectivity index (χ1n) is 7.53. The fraction of sp³-hybridized carbons (Fsp3) is 0.625. The molecule has 110 valence electrons. The quantitative estimate of drug-likeness (QED) is 0.899. The van der Waals surface area contributed by atoms with Gasteiger partial charge >= 0.3 is 0 Å². The zero-order valence-electron chi connectivity index (χ0n) is 12.1. The monoisotopic (exact) mass is 294 g/mol. The Hall–Kier alpha value is -0.770. The molecule has 2 saturated heterocycles. The van der Waals surface area contributed by atoms with Crippen LogP contribution in [0.1, 0.15) is 44.2 Å². The van der Waals surface area contributed by atoms with E-state index in [1.54, 1.807) is 0 Å². The second-order valence-corrected chi connectivity index (χ2v) is 6.55. The Balaban J connectivity index is 1.88. The van der Waals surface area contributed by atoms with E-state index in [4.69, 9.17) is 11.6 Å². The lowest BCUT2D eigenvalue weighted by atomic mass is 9.98. The van der Waals surface area contributed by atoms with Crippen molar-refractivity contribution >= 4 is 17.3 Å². The molecule has 2 aliphatic rings. The highest BCUT2D eigenvalue weighted by Crippen LogP contribution is 2.42. The Morgan fingerprint density at radius 1 is 1.30 bits per heavy atom. The molecule has 2 N–H and O–H groups in total. The molecule has 2 bridgehead atoms. The van der Waals surface area contributed by atoms with E-state index in [2.05, 4.69) is 35.3 Å². The van der Waals surface area contributed by atoms with Crippen LogP contribution < -0.4 is 10.2 Å². The number of halogens is 1. The largest absolute Gasteiger partial charge is 0.393 e. The molecule has 0 saturated carbocycles. The zero-order valence-corrected chi connectivity index (χ0v) is 12.9. The van der Waals surface area contributed by atoms with Crippen LogP contribution in [0.15, 0.2) is 18.2 Å². The van der Waals surface area contributed by atoms with Gasteiger partial charge in [-0.25, -0.2) is 0 Å². The average molecular weight is 295 g/mol. The number of aliphatic hydroxyl groups excluding tert-OH is 1. The summed E-state index contributed by atoms with van der Waals surface area (Å²) in [5.41, 5.74) is 2.35. The summed E-state index contributed by atoms with van der Waals surface area (Å²) >= 11 is 6.53. The van der Waals surface area contributed by atoms with Crippen LogP contribution in [-0.4, -0.2) is 30.3 Å². The fourth-order valence-corrected chi connectivity index (χ4v) is 4.00. The summed E-state index contributed by atoms with van der Waals surface area (Å²) in [6.07, 6.45) is 3.97. The van der Waals surface area contributed by atoms with Crippen molar-refractivity contribution < 1.29 is 5.11 Å². The van der Waals surface area contributed by atoms with Gasteiger partial charge in [-0.15, -0.1) is 0 Å². The van der Waals surface area contributed by atoms with E-state index in [9.17, 15) is 5.11 Å². The molecular formula is C16H23ClN2O. The summed E-state index contributed by atoms with van der Waals surface area (Å²) in [6.45, 7) is 2.13. The Morgan fingerprint density at radius 2 is 1.95 bits per heavy atom. The number of nitrogens with zero attached hydrogens (tertiary/aromatic N) is 1. The number of aliphatic hydroxyl groups is 1. The minimum absolute atomic E-state index is 0.133. The van der Waals surface area contributed by atoms with Gasteiger partial charge in [0.2, 0.25) is 0 Å². The molecule has 2 fully saturated rings. The molecule has 2 aliphatic heterocycles. The predicted molar refractivity (Wildman–Crippen MR) is 83.5 cm³/mol. The normalized spacial score (nSPS) is 30.6. The summed E-state index contributed by atoms with van der Waals surface area (Å²) in [5, 5.41) is 14.0. The van der Waals surface area contributed by atoms with Gasteiger partial charge in [0.15, 0.2) is 0 Å². The van der Waals surface area contributed by atoms with Crippen molar-refractivity contribution in [2.24, 2.45) is 0 Å². The lowest BCUT2D eigenvalue weighted by Gasteiger charge is -2.39. The SMILES string of the molecule is CNC(C)c1ccc(N2C3CCC2CC(O)C3)c(Cl)c1. The maximum Gasteiger partial charge on any atom is 0.0643 e. The molecule has 1 aromatic carbocycles. The van der Waals surface area contributed by atoms with Gasteiger partial charge in [0.05, 0.1) is 16.8 Å². The fourth-order valence-electron chi connectivity index (χ4n) is 3.71. The van der Waals surface area contributed by atoms with Gasteiger partial charge in [-0.1, -0.05) is 17.7 Å². The van der Waals surface area contributed by atoms with Gasteiger partial charge in [0.25, 0.3) is 0 Å². The molecule has 0 aliphatic carbocycles. The van der Waals surface area contributed by atoms with Gasteiger partial charge < -0.3 is 15.3 Å². The van der Waals surface area contributed by atoms with E-state index in [0.717, 1.165) is 23.6 Å². The second-order valence-electron chi connectivity index (χ2n) is 6.14. The molecule has 0 radical (unpaired) electrons. The average Bonchev–Trinajstić information content (AvgIpc) is 2.69. The molecule has 2 heterocycles. The smallest absolute Gasteiger partial charge is 0.0643 e. The highest BCUT2D eigenvalue weighted by Gasteiger charge is 2.40. The molecule has 3 rings (SSSR count). The Morgan fingerprint density at radius 3 is 2.50 bits per heavy atom. The van der Waals surface area contributed by atoms with E-state index in [-0.39, 0.29) is 6.10 Å². The standard InChI is InChI=1S/C16H23ClN2O/c1-10(18-2)11-3-6-16(15(17)7-11)19-12-4-5-13(19)9-14(20)8-12/h3,6-7,10,12-14,18,20H,4-5,8-9H2,1-2H3. The van der Waals surface area contributed by atoms with Crippen molar-refractivity contribution in [3.8, 4) is 0 Å². The van der Waals surface area contributed by atoms with Gasteiger partial charge in [-0.3, -0.25) is 0 Å². The van der Waals surface area contributed by atoms with E-state index in [1.165, 1.54) is 18.4 Å². The first-order chi connectivity index (χ1) is 9.60. The van der Waals surface area contributed by atoms with E-state index in [0.29, 0.717) is 18.1 Å². The second kappa shape index (κ2) is 5.55. The van der Waals surface area contributed by atoms with Crippen LogP contribution in [0.5, 0.6) is 0 Å². The minimum Gasteiger partial charge on any atom is -0.393 e. The van der Waals surface area contributed by atoms with Crippen molar-refractivity contribution in [1.82, 2.24) is 5.32 Å². The van der Waals surface area contributed by atoms with Crippen LogP contribution in [0.4, 0.5) is 5.69 Å². The number of hydrogen-bond acceptors (Lipinski definition) is 3. The van der Waals surface area contributed by atoms with E-state index < -0.39 is 0 Å². The van der Waals surface area contributed by atoms with Gasteiger partial charge in [-0.2, -0.15) is 0 Å². The van der Waals surface area contributed by atoms with Crippen LogP contribution >= 0.6 is 11.6 Å². The maximum absolute atomic E-state index is 9.90. The number of anilines is 1. The number of piperidine rings is 1. The highest BCUT2D eigenvalue weighted by atomic mass is 35.5. The van der Waals surface area contributed by atoms with Crippen molar-refractivity contribution in [2.75, 3.05) is 11.9 Å². The third-order valence-electron chi connectivity index (χ3n) is 4.89. The van der Waals surface area contributed by atoms with Crippen LogP contribution in [0.2, 0.25) is 5.02 Å².